The van der Waals surface area contributed by atoms with E-state index in [1.807, 2.05) is 0 Å². The summed E-state index contributed by atoms with van der Waals surface area (Å²) < 4.78 is 4.78. The number of amides is 1. The van der Waals surface area contributed by atoms with Crippen LogP contribution in [0.15, 0.2) is 24.8 Å². The van der Waals surface area contributed by atoms with E-state index in [1.165, 1.54) is 11.0 Å². The molecule has 0 aromatic carbocycles. The number of carboxylic acid groups (broad SMARTS) is 1. The Morgan fingerprint density at radius 3 is 2.93 bits per heavy atom. The zero-order chi connectivity index (χ0) is 11.3. The van der Waals surface area contributed by atoms with E-state index in [1.54, 1.807) is 12.2 Å². The molecule has 0 aliphatic carbocycles. The summed E-state index contributed by atoms with van der Waals surface area (Å²) in [4.78, 5) is 23.5. The van der Waals surface area contributed by atoms with Gasteiger partial charge in [0.05, 0.1) is 0 Å². The molecule has 0 saturated carbocycles. The van der Waals surface area contributed by atoms with Gasteiger partial charge in [-0.1, -0.05) is 24.8 Å². The van der Waals surface area contributed by atoms with Crippen molar-refractivity contribution in [1.82, 2.24) is 4.90 Å². The van der Waals surface area contributed by atoms with Crippen molar-refractivity contribution >= 4 is 12.1 Å². The number of rotatable bonds is 3. The lowest BCUT2D eigenvalue weighted by Crippen LogP contribution is -2.46. The zero-order valence-electron chi connectivity index (χ0n) is 8.26. The number of carbonyl (C=O) groups is 2. The second-order valence-corrected chi connectivity index (χ2v) is 3.08. The zero-order valence-corrected chi connectivity index (χ0v) is 8.26. The molecule has 0 saturated heterocycles. The Morgan fingerprint density at radius 2 is 2.33 bits per heavy atom. The molecule has 1 amide bonds. The van der Waals surface area contributed by atoms with Crippen LogP contribution in [0.3, 0.4) is 0 Å². The van der Waals surface area contributed by atoms with Crippen LogP contribution in [0, 0.1) is 0 Å². The van der Waals surface area contributed by atoms with E-state index in [0.29, 0.717) is 6.42 Å². The lowest BCUT2D eigenvalue weighted by molar-refractivity contribution is -0.142. The van der Waals surface area contributed by atoms with Crippen LogP contribution in [0.2, 0.25) is 0 Å². The summed E-state index contributed by atoms with van der Waals surface area (Å²) in [6, 6.07) is -0.827. The highest BCUT2D eigenvalue weighted by molar-refractivity contribution is 5.80. The van der Waals surface area contributed by atoms with Crippen molar-refractivity contribution in [2.24, 2.45) is 0 Å². The minimum Gasteiger partial charge on any atom is -0.480 e. The molecule has 0 spiro atoms. The third kappa shape index (κ3) is 2.83. The van der Waals surface area contributed by atoms with Crippen molar-refractivity contribution < 1.29 is 19.4 Å². The smallest absolute Gasteiger partial charge is 0.411 e. The summed E-state index contributed by atoms with van der Waals surface area (Å²) in [7, 11) is 0. The van der Waals surface area contributed by atoms with Gasteiger partial charge in [0, 0.05) is 6.54 Å². The highest BCUT2D eigenvalue weighted by atomic mass is 16.6. The molecule has 1 unspecified atom stereocenters. The average molecular weight is 211 g/mol. The molecule has 0 radical (unpaired) electrons. The van der Waals surface area contributed by atoms with Crippen molar-refractivity contribution in [3.05, 3.63) is 24.8 Å². The summed E-state index contributed by atoms with van der Waals surface area (Å²) in [5, 5.41) is 8.88. The maximum absolute atomic E-state index is 11.4. The van der Waals surface area contributed by atoms with E-state index in [0.717, 1.165) is 0 Å². The van der Waals surface area contributed by atoms with E-state index in [9.17, 15) is 9.59 Å². The topological polar surface area (TPSA) is 66.8 Å². The molecule has 1 rings (SSSR count). The Hall–Kier alpha value is -1.78. The number of carbonyl (C=O) groups excluding carboxylic acids is 1. The maximum atomic E-state index is 11.4. The number of hydrogen-bond acceptors (Lipinski definition) is 3. The minimum absolute atomic E-state index is 0.0887. The van der Waals surface area contributed by atoms with Crippen LogP contribution in [0.1, 0.15) is 6.42 Å². The van der Waals surface area contributed by atoms with Gasteiger partial charge in [-0.3, -0.25) is 4.90 Å². The van der Waals surface area contributed by atoms with Crippen LogP contribution >= 0.6 is 0 Å². The predicted molar refractivity (Wildman–Crippen MR) is 53.4 cm³/mol. The number of hydrogen-bond donors (Lipinski definition) is 1. The minimum atomic E-state index is -1.02. The Morgan fingerprint density at radius 1 is 1.60 bits per heavy atom. The first kappa shape index (κ1) is 11.3. The second-order valence-electron chi connectivity index (χ2n) is 3.08. The normalized spacial score (nSPS) is 19.7. The van der Waals surface area contributed by atoms with Crippen molar-refractivity contribution in [2.45, 2.75) is 12.5 Å². The van der Waals surface area contributed by atoms with Gasteiger partial charge in [-0.2, -0.15) is 0 Å². The Balaban J connectivity index is 2.64. The summed E-state index contributed by atoms with van der Waals surface area (Å²) in [5.74, 6) is -1.02. The maximum Gasteiger partial charge on any atom is 0.411 e. The first-order valence-electron chi connectivity index (χ1n) is 4.59. The Labute approximate surface area is 87.6 Å². The molecule has 82 valence electrons. The molecule has 1 aliphatic heterocycles. The van der Waals surface area contributed by atoms with Gasteiger partial charge in [-0.05, 0) is 6.42 Å². The largest absolute Gasteiger partial charge is 0.480 e. The summed E-state index contributed by atoms with van der Waals surface area (Å²) in [6.07, 6.45) is 4.63. The molecular formula is C10H13NO4. The van der Waals surface area contributed by atoms with Gasteiger partial charge in [-0.15, -0.1) is 0 Å². The van der Waals surface area contributed by atoms with Gasteiger partial charge in [0.2, 0.25) is 0 Å². The molecule has 1 heterocycles. The third-order valence-electron chi connectivity index (χ3n) is 2.05. The molecule has 5 nitrogen and oxygen atoms in total. The number of nitrogens with zero attached hydrogens (tertiary/aromatic N) is 1. The standard InChI is InChI=1S/C10H13NO4/c1-2-7-15-10(14)11-6-4-3-5-8(11)9(12)13/h2-4,8H,1,5-7H2,(H,12,13). The fourth-order valence-corrected chi connectivity index (χ4v) is 1.32. The fourth-order valence-electron chi connectivity index (χ4n) is 1.32. The van der Waals surface area contributed by atoms with Crippen LogP contribution in [-0.2, 0) is 9.53 Å². The Bertz CT molecular complexity index is 298. The molecule has 15 heavy (non-hydrogen) atoms. The predicted octanol–water partition coefficient (Wildman–Crippen LogP) is 1.02. The molecule has 0 aromatic heterocycles. The van der Waals surface area contributed by atoms with Crippen molar-refractivity contribution in [3.63, 3.8) is 0 Å². The highest BCUT2D eigenvalue weighted by Gasteiger charge is 2.30. The van der Waals surface area contributed by atoms with E-state index < -0.39 is 18.1 Å². The second kappa shape index (κ2) is 5.19. The lowest BCUT2D eigenvalue weighted by Gasteiger charge is -2.28. The van der Waals surface area contributed by atoms with Crippen LogP contribution in [0.5, 0.6) is 0 Å². The van der Waals surface area contributed by atoms with Crippen LogP contribution < -0.4 is 0 Å². The fraction of sp³-hybridized carbons (Fsp3) is 0.400. The third-order valence-corrected chi connectivity index (χ3v) is 2.05. The summed E-state index contributed by atoms with van der Waals surface area (Å²) in [5.41, 5.74) is 0. The first-order valence-corrected chi connectivity index (χ1v) is 4.59. The molecule has 5 heteroatoms. The van der Waals surface area contributed by atoms with Crippen LogP contribution in [0.4, 0.5) is 4.79 Å². The quantitative estimate of drug-likeness (QED) is 0.708. The van der Waals surface area contributed by atoms with Crippen molar-refractivity contribution in [3.8, 4) is 0 Å². The molecule has 0 fully saturated rings. The molecular weight excluding hydrogens is 198 g/mol. The number of ether oxygens (including phenoxy) is 1. The van der Waals surface area contributed by atoms with E-state index in [-0.39, 0.29) is 13.2 Å². The molecule has 0 aromatic rings. The van der Waals surface area contributed by atoms with Gasteiger partial charge in [0.25, 0.3) is 0 Å². The Kier molecular flexibility index (Phi) is 3.91. The summed E-state index contributed by atoms with van der Waals surface area (Å²) >= 11 is 0. The van der Waals surface area contributed by atoms with Gasteiger partial charge < -0.3 is 9.84 Å². The average Bonchev–Trinajstić information content (AvgIpc) is 2.25. The number of carboxylic acids is 1. The lowest BCUT2D eigenvalue weighted by atomic mass is 10.1. The molecule has 1 aliphatic rings. The van der Waals surface area contributed by atoms with Gasteiger partial charge >= 0.3 is 12.1 Å². The first-order chi connectivity index (χ1) is 7.16. The van der Waals surface area contributed by atoms with Crippen molar-refractivity contribution in [1.29, 1.82) is 0 Å². The van der Waals surface area contributed by atoms with E-state index >= 15 is 0 Å². The van der Waals surface area contributed by atoms with Crippen LogP contribution in [0.25, 0.3) is 0 Å². The highest BCUT2D eigenvalue weighted by Crippen LogP contribution is 2.12. The molecule has 1 atom stereocenters. The SMILES string of the molecule is C=CCOC(=O)N1CC=CCC1C(=O)O. The van der Waals surface area contributed by atoms with Gasteiger partial charge in [-0.25, -0.2) is 9.59 Å². The van der Waals surface area contributed by atoms with Gasteiger partial charge in [0.15, 0.2) is 0 Å². The monoisotopic (exact) mass is 211 g/mol. The van der Waals surface area contributed by atoms with Crippen molar-refractivity contribution in [2.75, 3.05) is 13.2 Å². The number of aliphatic carboxylic acids is 1. The van der Waals surface area contributed by atoms with Gasteiger partial charge in [0.1, 0.15) is 12.6 Å². The summed E-state index contributed by atoms with van der Waals surface area (Å²) in [6.45, 7) is 3.77. The van der Waals surface area contributed by atoms with E-state index in [4.69, 9.17) is 9.84 Å². The molecule has 1 N–H and O–H groups in total. The van der Waals surface area contributed by atoms with Crippen LogP contribution in [-0.4, -0.2) is 41.3 Å². The molecule has 0 bridgehead atoms. The van der Waals surface area contributed by atoms with E-state index in [2.05, 4.69) is 6.58 Å².